The molecule has 1 fully saturated rings. The molecule has 148 valence electrons. The Kier molecular flexibility index (Phi) is 5.25. The first-order chi connectivity index (χ1) is 13.3. The maximum absolute atomic E-state index is 12.6. The number of ether oxygens (including phenoxy) is 1. The van der Waals surface area contributed by atoms with Crippen LogP contribution in [0, 0.1) is 10.1 Å². The summed E-state index contributed by atoms with van der Waals surface area (Å²) in [6, 6.07) is 1.12. The number of fused-ring (bicyclic) bond motifs is 1. The van der Waals surface area contributed by atoms with Crippen LogP contribution < -0.4 is 10.3 Å². The maximum Gasteiger partial charge on any atom is 0.343 e. The minimum Gasteiger partial charge on any atom is -0.462 e. The number of aromatic amines is 1. The number of esters is 1. The highest BCUT2D eigenvalue weighted by Gasteiger charge is 2.28. The van der Waals surface area contributed by atoms with Crippen LogP contribution in [0.25, 0.3) is 11.0 Å². The van der Waals surface area contributed by atoms with Crippen LogP contribution in [-0.4, -0.2) is 64.5 Å². The molecule has 0 atom stereocenters. The molecule has 3 rings (SSSR count). The van der Waals surface area contributed by atoms with Crippen LogP contribution in [0.4, 0.5) is 11.5 Å². The summed E-state index contributed by atoms with van der Waals surface area (Å²) in [5, 5.41) is 11.5. The predicted octanol–water partition coefficient (Wildman–Crippen LogP) is 0.677. The number of hydrogen-bond acceptors (Lipinski definition) is 8. The third kappa shape index (κ3) is 3.50. The van der Waals surface area contributed by atoms with Gasteiger partial charge in [-0.15, -0.1) is 0 Å². The highest BCUT2D eigenvalue weighted by Crippen LogP contribution is 2.29. The smallest absolute Gasteiger partial charge is 0.343 e. The van der Waals surface area contributed by atoms with Crippen molar-refractivity contribution >= 4 is 34.4 Å². The maximum atomic E-state index is 12.6. The number of carbonyl (C=O) groups is 2. The summed E-state index contributed by atoms with van der Waals surface area (Å²) in [6.07, 6.45) is 1.19. The number of carbonyl (C=O) groups excluding carboxylic acids is 2. The SMILES string of the molecule is CCOC(=O)c1c[nH]c2nc(N3CCN(C(C)=O)CC3)c([N+](=O)[O-])cc2c1=O. The number of anilines is 1. The lowest BCUT2D eigenvalue weighted by Crippen LogP contribution is -2.48. The average Bonchev–Trinajstić information content (AvgIpc) is 2.67. The molecule has 1 amide bonds. The summed E-state index contributed by atoms with van der Waals surface area (Å²) < 4.78 is 4.83. The second-order valence-electron chi connectivity index (χ2n) is 6.23. The van der Waals surface area contributed by atoms with Gasteiger partial charge in [0, 0.05) is 45.4 Å². The van der Waals surface area contributed by atoms with Crippen molar-refractivity contribution < 1.29 is 19.2 Å². The van der Waals surface area contributed by atoms with Crippen molar-refractivity contribution in [2.75, 3.05) is 37.7 Å². The van der Waals surface area contributed by atoms with Gasteiger partial charge in [0.2, 0.25) is 17.2 Å². The molecule has 2 aromatic rings. The Labute approximate surface area is 159 Å². The van der Waals surface area contributed by atoms with Crippen molar-refractivity contribution in [1.29, 1.82) is 0 Å². The van der Waals surface area contributed by atoms with Crippen LogP contribution in [0.3, 0.4) is 0 Å². The third-order valence-electron chi connectivity index (χ3n) is 4.54. The second-order valence-corrected chi connectivity index (χ2v) is 6.23. The van der Waals surface area contributed by atoms with Crippen molar-refractivity contribution in [2.45, 2.75) is 13.8 Å². The zero-order valence-electron chi connectivity index (χ0n) is 15.4. The van der Waals surface area contributed by atoms with Crippen LogP contribution in [-0.2, 0) is 9.53 Å². The van der Waals surface area contributed by atoms with E-state index < -0.39 is 16.3 Å². The molecule has 0 aromatic carbocycles. The van der Waals surface area contributed by atoms with Gasteiger partial charge in [-0.25, -0.2) is 9.78 Å². The molecule has 11 heteroatoms. The fourth-order valence-electron chi connectivity index (χ4n) is 3.09. The van der Waals surface area contributed by atoms with Gasteiger partial charge in [-0.3, -0.25) is 19.7 Å². The van der Waals surface area contributed by atoms with Crippen LogP contribution in [0.5, 0.6) is 0 Å². The summed E-state index contributed by atoms with van der Waals surface area (Å²) in [4.78, 5) is 57.3. The Bertz CT molecular complexity index is 1010. The van der Waals surface area contributed by atoms with Crippen LogP contribution in [0.1, 0.15) is 24.2 Å². The molecule has 0 spiro atoms. The molecule has 1 saturated heterocycles. The number of nitrogens with one attached hydrogen (secondary N) is 1. The Morgan fingerprint density at radius 1 is 1.32 bits per heavy atom. The highest BCUT2D eigenvalue weighted by atomic mass is 16.6. The van der Waals surface area contributed by atoms with Gasteiger partial charge in [0.25, 0.3) is 0 Å². The monoisotopic (exact) mass is 389 g/mol. The average molecular weight is 389 g/mol. The van der Waals surface area contributed by atoms with E-state index in [-0.39, 0.29) is 40.6 Å². The lowest BCUT2D eigenvalue weighted by molar-refractivity contribution is -0.384. The van der Waals surface area contributed by atoms with Gasteiger partial charge in [-0.1, -0.05) is 0 Å². The topological polar surface area (TPSA) is 139 Å². The van der Waals surface area contributed by atoms with E-state index in [4.69, 9.17) is 4.74 Å². The number of nitro groups is 1. The van der Waals surface area contributed by atoms with E-state index >= 15 is 0 Å². The van der Waals surface area contributed by atoms with E-state index in [1.165, 1.54) is 13.1 Å². The van der Waals surface area contributed by atoms with Gasteiger partial charge in [0.15, 0.2) is 0 Å². The molecule has 0 bridgehead atoms. The highest BCUT2D eigenvalue weighted by molar-refractivity contribution is 5.93. The van der Waals surface area contributed by atoms with Gasteiger partial charge in [-0.2, -0.15) is 0 Å². The van der Waals surface area contributed by atoms with Crippen LogP contribution in [0.15, 0.2) is 17.1 Å². The largest absolute Gasteiger partial charge is 0.462 e. The first kappa shape index (κ1) is 19.3. The molecule has 11 nitrogen and oxygen atoms in total. The molecular formula is C17H19N5O6. The normalized spacial score (nSPS) is 14.2. The molecule has 0 aliphatic carbocycles. The van der Waals surface area contributed by atoms with Gasteiger partial charge >= 0.3 is 11.7 Å². The summed E-state index contributed by atoms with van der Waals surface area (Å²) in [5.74, 6) is -0.755. The van der Waals surface area contributed by atoms with Gasteiger partial charge < -0.3 is 19.5 Å². The van der Waals surface area contributed by atoms with Crippen LogP contribution in [0.2, 0.25) is 0 Å². The Morgan fingerprint density at radius 3 is 2.57 bits per heavy atom. The molecule has 0 unspecified atom stereocenters. The minimum atomic E-state index is -0.808. The van der Waals surface area contributed by atoms with E-state index in [2.05, 4.69) is 9.97 Å². The molecule has 1 aliphatic rings. The first-order valence-electron chi connectivity index (χ1n) is 8.72. The molecule has 0 radical (unpaired) electrons. The molecular weight excluding hydrogens is 370 g/mol. The van der Waals surface area contributed by atoms with E-state index in [1.807, 2.05) is 0 Å². The zero-order valence-corrected chi connectivity index (χ0v) is 15.4. The lowest BCUT2D eigenvalue weighted by Gasteiger charge is -2.34. The van der Waals surface area contributed by atoms with Crippen molar-refractivity contribution in [3.05, 3.63) is 38.2 Å². The third-order valence-corrected chi connectivity index (χ3v) is 4.54. The summed E-state index contributed by atoms with van der Waals surface area (Å²) in [6.45, 7) is 4.78. The van der Waals surface area contributed by atoms with Crippen LogP contribution >= 0.6 is 0 Å². The quantitative estimate of drug-likeness (QED) is 0.457. The summed E-state index contributed by atoms with van der Waals surface area (Å²) in [7, 11) is 0. The fraction of sp³-hybridized carbons (Fsp3) is 0.412. The molecule has 2 aromatic heterocycles. The van der Waals surface area contributed by atoms with Gasteiger partial charge in [0.05, 0.1) is 16.9 Å². The number of pyridine rings is 2. The molecule has 28 heavy (non-hydrogen) atoms. The fourth-order valence-corrected chi connectivity index (χ4v) is 3.09. The number of H-pyrrole nitrogens is 1. The number of piperazine rings is 1. The van der Waals surface area contributed by atoms with Gasteiger partial charge in [-0.05, 0) is 6.92 Å². The first-order valence-corrected chi connectivity index (χ1v) is 8.72. The zero-order chi connectivity index (χ0) is 20.4. The number of rotatable bonds is 4. The summed E-state index contributed by atoms with van der Waals surface area (Å²) in [5.41, 5.74) is -1.13. The molecule has 3 heterocycles. The van der Waals surface area contributed by atoms with Crippen molar-refractivity contribution in [1.82, 2.24) is 14.9 Å². The van der Waals surface area contributed by atoms with E-state index in [0.29, 0.717) is 26.2 Å². The van der Waals surface area contributed by atoms with E-state index in [1.54, 1.807) is 16.7 Å². The summed E-state index contributed by atoms with van der Waals surface area (Å²) >= 11 is 0. The lowest BCUT2D eigenvalue weighted by atomic mass is 10.1. The Morgan fingerprint density at radius 2 is 2.00 bits per heavy atom. The minimum absolute atomic E-state index is 0.0588. The number of hydrogen-bond donors (Lipinski definition) is 1. The standard InChI is InChI=1S/C17H19N5O6/c1-3-28-17(25)12-9-18-15-11(14(12)24)8-13(22(26)27)16(19-15)21-6-4-20(5-7-21)10(2)23/h8-9H,3-7H2,1-2H3,(H,18,19,24). The van der Waals surface area contributed by atoms with Crippen molar-refractivity contribution in [2.24, 2.45) is 0 Å². The van der Waals surface area contributed by atoms with E-state index in [0.717, 1.165) is 6.07 Å². The number of amides is 1. The van der Waals surface area contributed by atoms with Gasteiger partial charge in [0.1, 0.15) is 11.2 Å². The molecule has 0 saturated carbocycles. The number of nitrogens with zero attached hydrogens (tertiary/aromatic N) is 4. The Hall–Kier alpha value is -3.50. The second kappa shape index (κ2) is 7.62. The van der Waals surface area contributed by atoms with Crippen molar-refractivity contribution in [3.63, 3.8) is 0 Å². The molecule has 1 aliphatic heterocycles. The van der Waals surface area contributed by atoms with Crippen molar-refractivity contribution in [3.8, 4) is 0 Å². The molecule has 1 N–H and O–H groups in total. The Balaban J connectivity index is 2.05. The number of aromatic nitrogens is 2. The predicted molar refractivity (Wildman–Crippen MR) is 99.4 cm³/mol. The van der Waals surface area contributed by atoms with E-state index in [9.17, 15) is 24.5 Å².